The Morgan fingerprint density at radius 2 is 1.85 bits per heavy atom. The highest BCUT2D eigenvalue weighted by Gasteiger charge is 2.15. The van der Waals surface area contributed by atoms with Crippen LogP contribution in [0.1, 0.15) is 11.1 Å². The Balaban J connectivity index is 1.87. The molecule has 0 saturated heterocycles. The third-order valence-corrected chi connectivity index (χ3v) is 5.39. The summed E-state index contributed by atoms with van der Waals surface area (Å²) in [7, 11) is 0. The van der Waals surface area contributed by atoms with Crippen LogP contribution in [0.5, 0.6) is 0 Å². The molecule has 5 heteroatoms. The number of hydrogen-bond donors (Lipinski definition) is 1. The monoisotopic (exact) mass is 360 g/mol. The Hall–Kier alpha value is -2.79. The van der Waals surface area contributed by atoms with E-state index in [0.717, 1.165) is 28.4 Å². The average Bonchev–Trinajstić information content (AvgIpc) is 3.04. The van der Waals surface area contributed by atoms with Crippen molar-refractivity contribution in [1.29, 1.82) is 0 Å². The van der Waals surface area contributed by atoms with Gasteiger partial charge in [0.15, 0.2) is 5.65 Å². The van der Waals surface area contributed by atoms with E-state index in [4.69, 9.17) is 4.98 Å². The van der Waals surface area contributed by atoms with Crippen molar-refractivity contribution in [1.82, 2.24) is 14.4 Å². The summed E-state index contributed by atoms with van der Waals surface area (Å²) in [6.07, 6.45) is 7.59. The molecular weight excluding hydrogens is 340 g/mol. The van der Waals surface area contributed by atoms with Gasteiger partial charge in [0.25, 0.3) is 0 Å². The van der Waals surface area contributed by atoms with Gasteiger partial charge < -0.3 is 5.32 Å². The number of anilines is 2. The number of nitrogens with one attached hydrogen (secondary N) is 1. The average molecular weight is 360 g/mol. The summed E-state index contributed by atoms with van der Waals surface area (Å²) in [5, 5.41) is 3.60. The van der Waals surface area contributed by atoms with Gasteiger partial charge in [-0.2, -0.15) is 0 Å². The zero-order chi connectivity index (χ0) is 18.1. The van der Waals surface area contributed by atoms with Gasteiger partial charge in [0.1, 0.15) is 11.5 Å². The van der Waals surface area contributed by atoms with Crippen LogP contribution >= 0.6 is 11.8 Å². The highest BCUT2D eigenvalue weighted by Crippen LogP contribution is 2.33. The predicted molar refractivity (Wildman–Crippen MR) is 109 cm³/mol. The van der Waals surface area contributed by atoms with E-state index in [1.54, 1.807) is 24.2 Å². The predicted octanol–water partition coefficient (Wildman–Crippen LogP) is 5.48. The number of thioether (sulfide) groups is 1. The molecule has 2 aromatic heterocycles. The molecule has 0 atom stereocenters. The SMILES string of the molecule is CSc1ccc(-c2nc3cnccn3c2Nc2cccc(C)c2C)cc1. The third kappa shape index (κ3) is 2.95. The van der Waals surface area contributed by atoms with Crippen molar-refractivity contribution in [2.45, 2.75) is 18.7 Å². The van der Waals surface area contributed by atoms with Gasteiger partial charge in [-0.05, 0) is 49.4 Å². The zero-order valence-electron chi connectivity index (χ0n) is 15.0. The second kappa shape index (κ2) is 6.84. The van der Waals surface area contributed by atoms with Gasteiger partial charge in [0, 0.05) is 28.5 Å². The molecular formula is C21H20N4S. The molecule has 2 aromatic carbocycles. The summed E-state index contributed by atoms with van der Waals surface area (Å²) >= 11 is 1.74. The lowest BCUT2D eigenvalue weighted by molar-refractivity contribution is 1.13. The van der Waals surface area contributed by atoms with Gasteiger partial charge in [-0.1, -0.05) is 24.3 Å². The van der Waals surface area contributed by atoms with Crippen molar-refractivity contribution in [3.8, 4) is 11.3 Å². The Morgan fingerprint density at radius 1 is 1.04 bits per heavy atom. The molecule has 0 aliphatic rings. The minimum absolute atomic E-state index is 0.823. The Bertz CT molecular complexity index is 1070. The molecule has 0 unspecified atom stereocenters. The Kier molecular flexibility index (Phi) is 4.39. The van der Waals surface area contributed by atoms with Crippen molar-refractivity contribution >= 4 is 28.9 Å². The van der Waals surface area contributed by atoms with E-state index in [1.165, 1.54) is 16.0 Å². The molecule has 0 amide bonds. The Morgan fingerprint density at radius 3 is 2.62 bits per heavy atom. The highest BCUT2D eigenvalue weighted by atomic mass is 32.2. The molecule has 0 fully saturated rings. The number of aromatic nitrogens is 3. The van der Waals surface area contributed by atoms with Crippen molar-refractivity contribution < 1.29 is 0 Å². The molecule has 130 valence electrons. The molecule has 0 spiro atoms. The summed E-state index contributed by atoms with van der Waals surface area (Å²) in [4.78, 5) is 10.3. The van der Waals surface area contributed by atoms with Crippen LogP contribution in [0, 0.1) is 13.8 Å². The first kappa shape index (κ1) is 16.7. The normalized spacial score (nSPS) is 11.0. The fraction of sp³-hybridized carbons (Fsp3) is 0.143. The smallest absolute Gasteiger partial charge is 0.157 e. The molecule has 0 saturated carbocycles. The maximum absolute atomic E-state index is 4.82. The molecule has 0 radical (unpaired) electrons. The number of imidazole rings is 1. The summed E-state index contributed by atoms with van der Waals surface area (Å²) in [6.45, 7) is 4.26. The van der Waals surface area contributed by atoms with Crippen LogP contribution in [0.4, 0.5) is 11.5 Å². The van der Waals surface area contributed by atoms with Crippen LogP contribution < -0.4 is 5.32 Å². The molecule has 1 N–H and O–H groups in total. The number of aryl methyl sites for hydroxylation is 1. The molecule has 0 aliphatic heterocycles. The summed E-state index contributed by atoms with van der Waals surface area (Å²) in [5.74, 6) is 0.952. The van der Waals surface area contributed by atoms with E-state index < -0.39 is 0 Å². The molecule has 0 bridgehead atoms. The van der Waals surface area contributed by atoms with E-state index in [-0.39, 0.29) is 0 Å². The summed E-state index contributed by atoms with van der Waals surface area (Å²) in [6, 6.07) is 14.8. The van der Waals surface area contributed by atoms with E-state index in [0.29, 0.717) is 0 Å². The minimum Gasteiger partial charge on any atom is -0.339 e. The largest absolute Gasteiger partial charge is 0.339 e. The van der Waals surface area contributed by atoms with Gasteiger partial charge in [0.05, 0.1) is 6.20 Å². The van der Waals surface area contributed by atoms with Crippen LogP contribution in [-0.4, -0.2) is 20.6 Å². The lowest BCUT2D eigenvalue weighted by atomic mass is 10.1. The maximum Gasteiger partial charge on any atom is 0.157 e. The number of rotatable bonds is 4. The van der Waals surface area contributed by atoms with E-state index in [9.17, 15) is 0 Å². The number of nitrogens with zero attached hydrogens (tertiary/aromatic N) is 3. The maximum atomic E-state index is 4.82. The van der Waals surface area contributed by atoms with E-state index >= 15 is 0 Å². The van der Waals surface area contributed by atoms with Crippen LogP contribution in [0.3, 0.4) is 0 Å². The van der Waals surface area contributed by atoms with Crippen molar-refractivity contribution in [3.05, 3.63) is 72.2 Å². The summed E-state index contributed by atoms with van der Waals surface area (Å²) < 4.78 is 2.05. The first-order chi connectivity index (χ1) is 12.7. The first-order valence-electron chi connectivity index (χ1n) is 8.47. The van der Waals surface area contributed by atoms with Crippen LogP contribution in [0.25, 0.3) is 16.9 Å². The minimum atomic E-state index is 0.823. The molecule has 26 heavy (non-hydrogen) atoms. The van der Waals surface area contributed by atoms with Crippen molar-refractivity contribution in [2.75, 3.05) is 11.6 Å². The quantitative estimate of drug-likeness (QED) is 0.489. The third-order valence-electron chi connectivity index (χ3n) is 4.65. The van der Waals surface area contributed by atoms with Gasteiger partial charge in [-0.25, -0.2) is 4.98 Å². The lowest BCUT2D eigenvalue weighted by Gasteiger charge is -2.13. The van der Waals surface area contributed by atoms with E-state index in [1.807, 2.05) is 10.6 Å². The number of hydrogen-bond acceptors (Lipinski definition) is 4. The zero-order valence-corrected chi connectivity index (χ0v) is 15.8. The van der Waals surface area contributed by atoms with Crippen LogP contribution in [0.15, 0.2) is 66.0 Å². The standard InChI is InChI=1S/C21H20N4S/c1-14-5-4-6-18(15(14)2)23-21-20(16-7-9-17(26-3)10-8-16)24-19-13-22-11-12-25(19)21/h4-13,23H,1-3H3. The Labute approximate surface area is 157 Å². The van der Waals surface area contributed by atoms with Gasteiger partial charge in [-0.3, -0.25) is 9.38 Å². The molecule has 4 aromatic rings. The topological polar surface area (TPSA) is 42.2 Å². The van der Waals surface area contributed by atoms with Gasteiger partial charge >= 0.3 is 0 Å². The number of fused-ring (bicyclic) bond motifs is 1. The van der Waals surface area contributed by atoms with Crippen LogP contribution in [-0.2, 0) is 0 Å². The molecule has 4 nitrogen and oxygen atoms in total. The fourth-order valence-electron chi connectivity index (χ4n) is 2.99. The molecule has 2 heterocycles. The van der Waals surface area contributed by atoms with Crippen LogP contribution in [0.2, 0.25) is 0 Å². The highest BCUT2D eigenvalue weighted by molar-refractivity contribution is 7.98. The van der Waals surface area contributed by atoms with Gasteiger partial charge in [0.2, 0.25) is 0 Å². The lowest BCUT2D eigenvalue weighted by Crippen LogP contribution is -1.99. The second-order valence-corrected chi connectivity index (χ2v) is 7.09. The number of benzene rings is 2. The van der Waals surface area contributed by atoms with Crippen molar-refractivity contribution in [2.24, 2.45) is 0 Å². The summed E-state index contributed by atoms with van der Waals surface area (Å²) in [5.41, 5.74) is 6.41. The first-order valence-corrected chi connectivity index (χ1v) is 9.69. The molecule has 4 rings (SSSR count). The molecule has 0 aliphatic carbocycles. The van der Waals surface area contributed by atoms with E-state index in [2.05, 4.69) is 72.9 Å². The second-order valence-electron chi connectivity index (χ2n) is 6.21. The van der Waals surface area contributed by atoms with Gasteiger partial charge in [-0.15, -0.1) is 11.8 Å². The van der Waals surface area contributed by atoms with Crippen molar-refractivity contribution in [3.63, 3.8) is 0 Å². The fourth-order valence-corrected chi connectivity index (χ4v) is 3.40.